The smallest absolute Gasteiger partial charge is 0.124 e. The van der Waals surface area contributed by atoms with Crippen LogP contribution in [0.5, 0.6) is 5.75 Å². The number of nitrogens with one attached hydrogen (secondary N) is 1. The van der Waals surface area contributed by atoms with E-state index >= 15 is 0 Å². The van der Waals surface area contributed by atoms with Gasteiger partial charge in [-0.2, -0.15) is 0 Å². The van der Waals surface area contributed by atoms with Crippen LogP contribution in [0.1, 0.15) is 31.4 Å². The first-order valence-electron chi connectivity index (χ1n) is 7.37. The monoisotopic (exact) mass is 323 g/mol. The Morgan fingerprint density at radius 1 is 1.09 bits per heavy atom. The van der Waals surface area contributed by atoms with E-state index in [1.54, 1.807) is 12.1 Å². The molecule has 4 heteroatoms. The minimum absolute atomic E-state index is 0. The normalized spacial score (nSPS) is 11.6. The predicted octanol–water partition coefficient (Wildman–Crippen LogP) is 4.71. The van der Waals surface area contributed by atoms with E-state index in [-0.39, 0.29) is 18.2 Å². The zero-order valence-electron chi connectivity index (χ0n) is 13.0. The van der Waals surface area contributed by atoms with E-state index in [1.807, 2.05) is 18.2 Å². The molecular formula is C18H23ClFNO. The van der Waals surface area contributed by atoms with Gasteiger partial charge in [-0.05, 0) is 37.1 Å². The molecule has 0 aliphatic rings. The molecule has 22 heavy (non-hydrogen) atoms. The van der Waals surface area contributed by atoms with E-state index in [0.717, 1.165) is 29.8 Å². The summed E-state index contributed by atoms with van der Waals surface area (Å²) in [5.74, 6) is 0.648. The van der Waals surface area contributed by atoms with Gasteiger partial charge in [0, 0.05) is 18.2 Å². The highest BCUT2D eigenvalue weighted by Crippen LogP contribution is 2.19. The van der Waals surface area contributed by atoms with Crippen LogP contribution in [0.15, 0.2) is 48.5 Å². The van der Waals surface area contributed by atoms with Gasteiger partial charge in [-0.3, -0.25) is 0 Å². The molecule has 120 valence electrons. The fourth-order valence-corrected chi connectivity index (χ4v) is 1.96. The quantitative estimate of drug-likeness (QED) is 0.796. The molecule has 0 aliphatic heterocycles. The second-order valence-corrected chi connectivity index (χ2v) is 5.21. The third kappa shape index (κ3) is 5.66. The van der Waals surface area contributed by atoms with Gasteiger partial charge in [0.1, 0.15) is 18.2 Å². The van der Waals surface area contributed by atoms with Crippen molar-refractivity contribution in [1.29, 1.82) is 0 Å². The molecule has 0 heterocycles. The highest BCUT2D eigenvalue weighted by Gasteiger charge is 2.05. The molecule has 2 aromatic rings. The summed E-state index contributed by atoms with van der Waals surface area (Å²) in [6, 6.07) is 14.9. The molecule has 0 spiro atoms. The van der Waals surface area contributed by atoms with Gasteiger partial charge < -0.3 is 10.1 Å². The summed E-state index contributed by atoms with van der Waals surface area (Å²) < 4.78 is 18.7. The van der Waals surface area contributed by atoms with E-state index in [9.17, 15) is 4.39 Å². The molecule has 0 aromatic heterocycles. The molecule has 2 aromatic carbocycles. The van der Waals surface area contributed by atoms with Crippen LogP contribution in [0.25, 0.3) is 0 Å². The molecule has 0 saturated heterocycles. The van der Waals surface area contributed by atoms with Crippen LogP contribution in [-0.2, 0) is 13.2 Å². The molecule has 1 unspecified atom stereocenters. The first-order chi connectivity index (χ1) is 10.2. The second-order valence-electron chi connectivity index (χ2n) is 5.21. The van der Waals surface area contributed by atoms with Gasteiger partial charge in [-0.1, -0.05) is 37.3 Å². The maximum atomic E-state index is 12.9. The SMILES string of the molecule is CCC(C)NCc1ccccc1OCc1ccc(F)cc1.Cl. The Bertz CT molecular complexity index is 559. The van der Waals surface area contributed by atoms with Crippen molar-refractivity contribution in [3.63, 3.8) is 0 Å². The van der Waals surface area contributed by atoms with Crippen LogP contribution in [-0.4, -0.2) is 6.04 Å². The average molecular weight is 324 g/mol. The van der Waals surface area contributed by atoms with Gasteiger partial charge >= 0.3 is 0 Å². The van der Waals surface area contributed by atoms with Crippen molar-refractivity contribution >= 4 is 12.4 Å². The topological polar surface area (TPSA) is 21.3 Å². The maximum Gasteiger partial charge on any atom is 0.124 e. The maximum absolute atomic E-state index is 12.9. The fourth-order valence-electron chi connectivity index (χ4n) is 1.96. The highest BCUT2D eigenvalue weighted by molar-refractivity contribution is 5.85. The predicted molar refractivity (Wildman–Crippen MR) is 91.0 cm³/mol. The third-order valence-electron chi connectivity index (χ3n) is 3.53. The minimum Gasteiger partial charge on any atom is -0.489 e. The summed E-state index contributed by atoms with van der Waals surface area (Å²) in [6.07, 6.45) is 1.10. The molecule has 0 aliphatic carbocycles. The standard InChI is InChI=1S/C18H22FNO.ClH/c1-3-14(2)20-12-16-6-4-5-7-18(16)21-13-15-8-10-17(19)11-9-15;/h4-11,14,20H,3,12-13H2,1-2H3;1H. The van der Waals surface area contributed by atoms with Gasteiger partial charge in [-0.15, -0.1) is 12.4 Å². The highest BCUT2D eigenvalue weighted by atomic mass is 35.5. The van der Waals surface area contributed by atoms with Crippen molar-refractivity contribution in [2.75, 3.05) is 0 Å². The Balaban J connectivity index is 0.00000242. The first kappa shape index (κ1) is 18.5. The molecule has 2 rings (SSSR count). The van der Waals surface area contributed by atoms with Crippen LogP contribution in [0.4, 0.5) is 4.39 Å². The number of hydrogen-bond donors (Lipinski definition) is 1. The lowest BCUT2D eigenvalue weighted by Crippen LogP contribution is -2.24. The second kappa shape index (κ2) is 9.44. The van der Waals surface area contributed by atoms with Crippen molar-refractivity contribution in [3.05, 3.63) is 65.5 Å². The molecule has 2 nitrogen and oxygen atoms in total. The third-order valence-corrected chi connectivity index (χ3v) is 3.53. The number of rotatable bonds is 7. The van der Waals surface area contributed by atoms with Crippen LogP contribution < -0.4 is 10.1 Å². The summed E-state index contributed by atoms with van der Waals surface area (Å²) >= 11 is 0. The van der Waals surface area contributed by atoms with E-state index < -0.39 is 0 Å². The van der Waals surface area contributed by atoms with Gasteiger partial charge in [0.15, 0.2) is 0 Å². The Labute approximate surface area is 138 Å². The summed E-state index contributed by atoms with van der Waals surface area (Å²) in [6.45, 7) is 5.56. The molecular weight excluding hydrogens is 301 g/mol. The van der Waals surface area contributed by atoms with Gasteiger partial charge in [0.25, 0.3) is 0 Å². The number of halogens is 2. The van der Waals surface area contributed by atoms with E-state index in [1.165, 1.54) is 12.1 Å². The number of ether oxygens (including phenoxy) is 1. The number of para-hydroxylation sites is 1. The Morgan fingerprint density at radius 3 is 2.45 bits per heavy atom. The minimum atomic E-state index is -0.225. The Morgan fingerprint density at radius 2 is 1.77 bits per heavy atom. The lowest BCUT2D eigenvalue weighted by molar-refractivity contribution is 0.301. The molecule has 1 atom stereocenters. The molecule has 1 N–H and O–H groups in total. The van der Waals surface area contributed by atoms with Crippen molar-refractivity contribution in [3.8, 4) is 5.75 Å². The fraction of sp³-hybridized carbons (Fsp3) is 0.333. The average Bonchev–Trinajstić information content (AvgIpc) is 2.52. The van der Waals surface area contributed by atoms with Crippen LogP contribution in [0.2, 0.25) is 0 Å². The lowest BCUT2D eigenvalue weighted by atomic mass is 10.1. The summed E-state index contributed by atoms with van der Waals surface area (Å²) in [5, 5.41) is 3.47. The molecule has 0 saturated carbocycles. The summed E-state index contributed by atoms with van der Waals surface area (Å²) in [7, 11) is 0. The van der Waals surface area contributed by atoms with Gasteiger partial charge in [0.05, 0.1) is 0 Å². The zero-order chi connectivity index (χ0) is 15.1. The molecule has 0 fully saturated rings. The van der Waals surface area contributed by atoms with Crippen LogP contribution in [0.3, 0.4) is 0 Å². The summed E-state index contributed by atoms with van der Waals surface area (Å²) in [5.41, 5.74) is 2.10. The van der Waals surface area contributed by atoms with Crippen LogP contribution in [0, 0.1) is 5.82 Å². The summed E-state index contributed by atoms with van der Waals surface area (Å²) in [4.78, 5) is 0. The van der Waals surface area contributed by atoms with Gasteiger partial charge in [-0.25, -0.2) is 4.39 Å². The Hall–Kier alpha value is -1.58. The van der Waals surface area contributed by atoms with E-state index in [2.05, 4.69) is 25.2 Å². The van der Waals surface area contributed by atoms with Crippen LogP contribution >= 0.6 is 12.4 Å². The van der Waals surface area contributed by atoms with E-state index in [4.69, 9.17) is 4.74 Å². The number of hydrogen-bond acceptors (Lipinski definition) is 2. The van der Waals surface area contributed by atoms with Crippen molar-refractivity contribution < 1.29 is 9.13 Å². The van der Waals surface area contributed by atoms with E-state index in [0.29, 0.717) is 12.6 Å². The number of benzene rings is 2. The lowest BCUT2D eigenvalue weighted by Gasteiger charge is -2.15. The first-order valence-corrected chi connectivity index (χ1v) is 7.37. The van der Waals surface area contributed by atoms with Crippen molar-refractivity contribution in [2.45, 2.75) is 39.5 Å². The van der Waals surface area contributed by atoms with Crippen molar-refractivity contribution in [1.82, 2.24) is 5.32 Å². The molecule has 0 bridgehead atoms. The largest absolute Gasteiger partial charge is 0.489 e. The molecule has 0 amide bonds. The Kier molecular flexibility index (Phi) is 7.92. The van der Waals surface area contributed by atoms with Gasteiger partial charge in [0.2, 0.25) is 0 Å². The van der Waals surface area contributed by atoms with Crippen molar-refractivity contribution in [2.24, 2.45) is 0 Å². The zero-order valence-corrected chi connectivity index (χ0v) is 13.8. The molecule has 0 radical (unpaired) electrons.